The predicted octanol–water partition coefficient (Wildman–Crippen LogP) is 4.90. The molecule has 0 spiro atoms. The van der Waals surface area contributed by atoms with Crippen LogP contribution >= 0.6 is 0 Å². The van der Waals surface area contributed by atoms with E-state index < -0.39 is 11.9 Å². The molecule has 0 fully saturated rings. The van der Waals surface area contributed by atoms with Crippen molar-refractivity contribution >= 4 is 11.9 Å². The lowest BCUT2D eigenvalue weighted by molar-refractivity contribution is -0.134. The van der Waals surface area contributed by atoms with Gasteiger partial charge in [0.2, 0.25) is 0 Å². The lowest BCUT2D eigenvalue weighted by Crippen LogP contribution is -1.99. The van der Waals surface area contributed by atoms with E-state index in [0.29, 0.717) is 17.1 Å². The zero-order valence-corrected chi connectivity index (χ0v) is 15.9. The van der Waals surface area contributed by atoms with Crippen LogP contribution in [0.5, 0.6) is 11.5 Å². The summed E-state index contributed by atoms with van der Waals surface area (Å²) in [6.07, 6.45) is 5.91. The number of carbonyl (C=O) groups excluding carboxylic acids is 2. The number of benzene rings is 2. The average molecular weight is 392 g/mol. The molecule has 0 atom stereocenters. The van der Waals surface area contributed by atoms with Crippen LogP contribution in [0.4, 0.5) is 0 Å². The SMILES string of the molecule is C=CC(=O)O/C=C\Oc1ccc(-c2ccc(O/C=C\OC(=O)C(=C)C)cc2)cc1. The molecule has 0 amide bonds. The fourth-order valence-corrected chi connectivity index (χ4v) is 2.00. The van der Waals surface area contributed by atoms with Gasteiger partial charge in [-0.3, -0.25) is 0 Å². The Morgan fingerprint density at radius 3 is 1.62 bits per heavy atom. The van der Waals surface area contributed by atoms with E-state index in [0.717, 1.165) is 29.7 Å². The number of hydrogen-bond acceptors (Lipinski definition) is 6. The molecule has 2 aromatic carbocycles. The van der Waals surface area contributed by atoms with Crippen LogP contribution in [0.2, 0.25) is 0 Å². The fraction of sp³-hybridized carbons (Fsp3) is 0.0435. The van der Waals surface area contributed by atoms with E-state index in [9.17, 15) is 9.59 Å². The Hall–Kier alpha value is -4.06. The summed E-state index contributed by atoms with van der Waals surface area (Å²) in [6, 6.07) is 14.7. The summed E-state index contributed by atoms with van der Waals surface area (Å²) in [5.41, 5.74) is 2.27. The maximum atomic E-state index is 11.2. The molecule has 0 N–H and O–H groups in total. The summed E-state index contributed by atoms with van der Waals surface area (Å²) >= 11 is 0. The maximum absolute atomic E-state index is 11.2. The highest BCUT2D eigenvalue weighted by molar-refractivity contribution is 5.87. The van der Waals surface area contributed by atoms with Crippen molar-refractivity contribution in [3.05, 3.63) is 98.4 Å². The minimum Gasteiger partial charge on any atom is -0.462 e. The van der Waals surface area contributed by atoms with E-state index in [1.165, 1.54) is 12.5 Å². The third kappa shape index (κ3) is 7.22. The van der Waals surface area contributed by atoms with Gasteiger partial charge in [0.15, 0.2) is 0 Å². The fourth-order valence-electron chi connectivity index (χ4n) is 2.00. The largest absolute Gasteiger partial charge is 0.462 e. The second-order valence-corrected chi connectivity index (χ2v) is 5.66. The Labute approximate surface area is 169 Å². The molecule has 6 nitrogen and oxygen atoms in total. The third-order valence-electron chi connectivity index (χ3n) is 3.44. The normalized spacial score (nSPS) is 10.5. The summed E-state index contributed by atoms with van der Waals surface area (Å²) in [5, 5.41) is 0. The molecule has 148 valence electrons. The van der Waals surface area contributed by atoms with Gasteiger partial charge in [-0.15, -0.1) is 0 Å². The molecule has 0 aliphatic heterocycles. The summed E-state index contributed by atoms with van der Waals surface area (Å²) in [7, 11) is 0. The number of rotatable bonds is 9. The molecule has 29 heavy (non-hydrogen) atoms. The van der Waals surface area contributed by atoms with Crippen molar-refractivity contribution < 1.29 is 28.5 Å². The first-order chi connectivity index (χ1) is 14.0. The number of hydrogen-bond donors (Lipinski definition) is 0. The summed E-state index contributed by atoms with van der Waals surface area (Å²) in [5.74, 6) is 0.112. The highest BCUT2D eigenvalue weighted by atomic mass is 16.5. The predicted molar refractivity (Wildman–Crippen MR) is 109 cm³/mol. The number of ether oxygens (including phenoxy) is 4. The quantitative estimate of drug-likeness (QED) is 0.343. The van der Waals surface area contributed by atoms with E-state index in [1.807, 2.05) is 24.3 Å². The van der Waals surface area contributed by atoms with Crippen LogP contribution in [0.25, 0.3) is 11.1 Å². The van der Waals surface area contributed by atoms with Crippen molar-refractivity contribution in [1.82, 2.24) is 0 Å². The molecule has 2 aromatic rings. The van der Waals surface area contributed by atoms with Gasteiger partial charge in [-0.2, -0.15) is 0 Å². The van der Waals surface area contributed by atoms with Crippen LogP contribution in [0.15, 0.2) is 98.4 Å². The monoisotopic (exact) mass is 392 g/mol. The van der Waals surface area contributed by atoms with Gasteiger partial charge < -0.3 is 18.9 Å². The Morgan fingerprint density at radius 1 is 0.759 bits per heavy atom. The zero-order valence-electron chi connectivity index (χ0n) is 15.9. The Bertz CT molecular complexity index is 921. The molecule has 0 aromatic heterocycles. The van der Waals surface area contributed by atoms with E-state index in [4.69, 9.17) is 14.2 Å². The molecular weight excluding hydrogens is 372 g/mol. The topological polar surface area (TPSA) is 71.1 Å². The molecule has 0 saturated heterocycles. The van der Waals surface area contributed by atoms with Crippen LogP contribution in [-0.2, 0) is 19.1 Å². The molecule has 0 unspecified atom stereocenters. The van der Waals surface area contributed by atoms with E-state index in [-0.39, 0.29) is 0 Å². The summed E-state index contributed by atoms with van der Waals surface area (Å²) in [6.45, 7) is 8.33. The lowest BCUT2D eigenvalue weighted by Gasteiger charge is -2.05. The van der Waals surface area contributed by atoms with Crippen LogP contribution in [-0.4, -0.2) is 11.9 Å². The molecule has 0 heterocycles. The lowest BCUT2D eigenvalue weighted by atomic mass is 10.1. The minimum atomic E-state index is -0.559. The van der Waals surface area contributed by atoms with Gasteiger partial charge in [0.05, 0.1) is 0 Å². The zero-order chi connectivity index (χ0) is 21.1. The molecule has 0 aliphatic carbocycles. The van der Waals surface area contributed by atoms with Gasteiger partial charge >= 0.3 is 11.9 Å². The molecule has 0 aliphatic rings. The van der Waals surface area contributed by atoms with Gasteiger partial charge in [-0.25, -0.2) is 9.59 Å². The van der Waals surface area contributed by atoms with Crippen LogP contribution < -0.4 is 9.47 Å². The molecule has 0 bridgehead atoms. The Kier molecular flexibility index (Phi) is 8.01. The van der Waals surface area contributed by atoms with Crippen LogP contribution in [0, 0.1) is 0 Å². The first-order valence-corrected chi connectivity index (χ1v) is 8.53. The van der Waals surface area contributed by atoms with Crippen molar-refractivity contribution in [3.63, 3.8) is 0 Å². The van der Waals surface area contributed by atoms with E-state index in [2.05, 4.69) is 17.9 Å². The van der Waals surface area contributed by atoms with Gasteiger partial charge in [0, 0.05) is 11.6 Å². The van der Waals surface area contributed by atoms with Crippen molar-refractivity contribution in [1.29, 1.82) is 0 Å². The van der Waals surface area contributed by atoms with Gasteiger partial charge in [0.1, 0.15) is 36.5 Å². The number of carbonyl (C=O) groups is 2. The second-order valence-electron chi connectivity index (χ2n) is 5.66. The first-order valence-electron chi connectivity index (χ1n) is 8.53. The van der Waals surface area contributed by atoms with Crippen molar-refractivity contribution in [2.45, 2.75) is 6.92 Å². The molecule has 6 heteroatoms. The highest BCUT2D eigenvalue weighted by Gasteiger charge is 2.01. The third-order valence-corrected chi connectivity index (χ3v) is 3.44. The van der Waals surface area contributed by atoms with E-state index >= 15 is 0 Å². The summed E-state index contributed by atoms with van der Waals surface area (Å²) in [4.78, 5) is 22.1. The molecule has 0 radical (unpaired) electrons. The van der Waals surface area contributed by atoms with Crippen molar-refractivity contribution in [2.75, 3.05) is 0 Å². The van der Waals surface area contributed by atoms with Crippen molar-refractivity contribution in [2.24, 2.45) is 0 Å². The molecular formula is C23H20O6. The standard InChI is InChI=1S/C23H20O6/c1-4-22(24)28-15-13-26-20-9-5-18(6-10-20)19-7-11-21(12-8-19)27-14-16-29-23(25)17(2)3/h4-16H,1-2H2,3H3/b15-13-,16-14-. The maximum Gasteiger partial charge on any atom is 0.338 e. The average Bonchev–Trinajstić information content (AvgIpc) is 2.74. The first kappa shape index (κ1) is 21.2. The number of esters is 2. The molecule has 2 rings (SSSR count). The molecule has 0 saturated carbocycles. The smallest absolute Gasteiger partial charge is 0.338 e. The summed E-state index contributed by atoms with van der Waals surface area (Å²) < 4.78 is 20.2. The van der Waals surface area contributed by atoms with Crippen LogP contribution in [0.3, 0.4) is 0 Å². The van der Waals surface area contributed by atoms with Crippen LogP contribution in [0.1, 0.15) is 6.92 Å². The minimum absolute atomic E-state index is 0.308. The van der Waals surface area contributed by atoms with Gasteiger partial charge in [-0.1, -0.05) is 37.4 Å². The highest BCUT2D eigenvalue weighted by Crippen LogP contribution is 2.24. The van der Waals surface area contributed by atoms with Gasteiger partial charge in [-0.05, 0) is 42.3 Å². The second kappa shape index (κ2) is 10.9. The Morgan fingerprint density at radius 2 is 1.21 bits per heavy atom. The van der Waals surface area contributed by atoms with Gasteiger partial charge in [0.25, 0.3) is 0 Å². The van der Waals surface area contributed by atoms with E-state index in [1.54, 1.807) is 31.2 Å². The Balaban J connectivity index is 1.88. The van der Waals surface area contributed by atoms with Crippen molar-refractivity contribution in [3.8, 4) is 22.6 Å².